The maximum absolute atomic E-state index is 12.3. The van der Waals surface area contributed by atoms with E-state index in [-0.39, 0.29) is 12.5 Å². The maximum Gasteiger partial charge on any atom is 0.331 e. The van der Waals surface area contributed by atoms with Crippen LogP contribution in [0, 0.1) is 0 Å². The molecule has 2 heterocycles. The summed E-state index contributed by atoms with van der Waals surface area (Å²) in [6.45, 7) is 0.415. The second-order valence-corrected chi connectivity index (χ2v) is 5.28. The number of methoxy groups -OCH3 is 1. The summed E-state index contributed by atoms with van der Waals surface area (Å²) < 4.78 is 5.01. The van der Waals surface area contributed by atoms with Crippen LogP contribution in [0.15, 0.2) is 11.4 Å². The normalized spacial score (nSPS) is 19.9. The molecule has 1 aliphatic heterocycles. The van der Waals surface area contributed by atoms with Gasteiger partial charge in [-0.15, -0.1) is 11.3 Å². The molecule has 7 heteroatoms. The lowest BCUT2D eigenvalue weighted by molar-refractivity contribution is -0.155. The summed E-state index contributed by atoms with van der Waals surface area (Å²) in [5, 5.41) is 11.2. The fourth-order valence-electron chi connectivity index (χ4n) is 2.30. The van der Waals surface area contributed by atoms with Crippen molar-refractivity contribution in [3.05, 3.63) is 21.9 Å². The number of aliphatic carboxylic acids is 1. The molecule has 1 aliphatic rings. The van der Waals surface area contributed by atoms with E-state index < -0.39 is 18.1 Å². The van der Waals surface area contributed by atoms with Gasteiger partial charge in [0.1, 0.15) is 6.10 Å². The third kappa shape index (κ3) is 2.49. The number of rotatable bonds is 4. The van der Waals surface area contributed by atoms with E-state index in [4.69, 9.17) is 10.5 Å². The average Bonchev–Trinajstić information content (AvgIpc) is 2.86. The number of ether oxygens (including phenoxy) is 1. The Bertz CT molecular complexity index is 484. The number of amides is 1. The summed E-state index contributed by atoms with van der Waals surface area (Å²) in [5.41, 5.74) is 6.17. The van der Waals surface area contributed by atoms with E-state index >= 15 is 0 Å². The summed E-state index contributed by atoms with van der Waals surface area (Å²) in [4.78, 5) is 26.1. The predicted octanol–water partition coefficient (Wildman–Crippen LogP) is 0.232. The molecule has 0 saturated carbocycles. The number of nitrogens with zero attached hydrogens (tertiary/aromatic N) is 1. The van der Waals surface area contributed by atoms with Gasteiger partial charge in [-0.2, -0.15) is 0 Å². The van der Waals surface area contributed by atoms with Gasteiger partial charge >= 0.3 is 5.97 Å². The van der Waals surface area contributed by atoms with E-state index in [2.05, 4.69) is 0 Å². The topological polar surface area (TPSA) is 92.9 Å². The van der Waals surface area contributed by atoms with E-state index in [1.165, 1.54) is 23.3 Å². The minimum atomic E-state index is -1.03. The van der Waals surface area contributed by atoms with Gasteiger partial charge < -0.3 is 20.5 Å². The number of carbonyl (C=O) groups is 2. The Morgan fingerprint density at radius 3 is 3.00 bits per heavy atom. The first-order chi connectivity index (χ1) is 9.10. The van der Waals surface area contributed by atoms with Gasteiger partial charge in [-0.3, -0.25) is 4.79 Å². The highest BCUT2D eigenvalue weighted by Gasteiger charge is 2.38. The number of fused-ring (bicyclic) bond motifs is 1. The van der Waals surface area contributed by atoms with Crippen LogP contribution >= 0.6 is 11.3 Å². The van der Waals surface area contributed by atoms with Gasteiger partial charge in [0.2, 0.25) is 0 Å². The monoisotopic (exact) mass is 284 g/mol. The zero-order chi connectivity index (χ0) is 14.0. The van der Waals surface area contributed by atoms with Crippen LogP contribution in [0.4, 0.5) is 0 Å². The Morgan fingerprint density at radius 2 is 2.42 bits per heavy atom. The van der Waals surface area contributed by atoms with Crippen LogP contribution in [-0.2, 0) is 20.7 Å². The lowest BCUT2D eigenvalue weighted by Crippen LogP contribution is -2.49. The Hall–Kier alpha value is -1.44. The van der Waals surface area contributed by atoms with Gasteiger partial charge in [-0.05, 0) is 23.4 Å². The molecule has 0 radical (unpaired) electrons. The lowest BCUT2D eigenvalue weighted by atomic mass is 9.99. The van der Waals surface area contributed by atoms with Crippen molar-refractivity contribution in [1.82, 2.24) is 4.90 Å². The molecule has 0 bridgehead atoms. The Morgan fingerprint density at radius 1 is 1.68 bits per heavy atom. The second-order valence-electron chi connectivity index (χ2n) is 4.28. The van der Waals surface area contributed by atoms with Crippen LogP contribution in [0.2, 0.25) is 0 Å². The van der Waals surface area contributed by atoms with Crippen LogP contribution in [0.3, 0.4) is 0 Å². The first kappa shape index (κ1) is 14.0. The summed E-state index contributed by atoms with van der Waals surface area (Å²) in [6, 6.07) is 0.828. The average molecular weight is 284 g/mol. The second kappa shape index (κ2) is 5.68. The number of carbonyl (C=O) groups excluding carboxylic acids is 1. The molecule has 19 heavy (non-hydrogen) atoms. The Kier molecular flexibility index (Phi) is 4.18. The summed E-state index contributed by atoms with van der Waals surface area (Å²) >= 11 is 1.52. The van der Waals surface area contributed by atoms with Crippen LogP contribution in [0.1, 0.15) is 16.5 Å². The van der Waals surface area contributed by atoms with Gasteiger partial charge in [-0.1, -0.05) is 0 Å². The summed E-state index contributed by atoms with van der Waals surface area (Å²) in [6.07, 6.45) is -0.120. The smallest absolute Gasteiger partial charge is 0.331 e. The molecule has 2 atom stereocenters. The molecular weight excluding hydrogens is 268 g/mol. The molecule has 2 unspecified atom stereocenters. The van der Waals surface area contributed by atoms with Crippen LogP contribution in [0.5, 0.6) is 0 Å². The van der Waals surface area contributed by atoms with E-state index in [9.17, 15) is 14.7 Å². The van der Waals surface area contributed by atoms with Crippen molar-refractivity contribution in [2.75, 3.05) is 20.2 Å². The first-order valence-electron chi connectivity index (χ1n) is 5.92. The highest BCUT2D eigenvalue weighted by molar-refractivity contribution is 7.10. The van der Waals surface area contributed by atoms with Gasteiger partial charge in [-0.25, -0.2) is 4.79 Å². The number of hydrogen-bond acceptors (Lipinski definition) is 5. The summed E-state index contributed by atoms with van der Waals surface area (Å²) in [5.74, 6) is -1.39. The number of thiophene rings is 1. The molecule has 0 spiro atoms. The van der Waals surface area contributed by atoms with E-state index in [1.807, 2.05) is 5.38 Å². The van der Waals surface area contributed by atoms with Crippen LogP contribution in [0.25, 0.3) is 0 Å². The lowest BCUT2D eigenvalue weighted by Gasteiger charge is -2.34. The zero-order valence-electron chi connectivity index (χ0n) is 10.5. The molecule has 0 aromatic carbocycles. The largest absolute Gasteiger partial charge is 0.479 e. The van der Waals surface area contributed by atoms with Crippen molar-refractivity contribution in [2.45, 2.75) is 18.6 Å². The fraction of sp³-hybridized carbons (Fsp3) is 0.500. The highest BCUT2D eigenvalue weighted by atomic mass is 32.1. The van der Waals surface area contributed by atoms with Crippen molar-refractivity contribution in [3.8, 4) is 0 Å². The molecule has 2 rings (SSSR count). The minimum absolute atomic E-state index is 0.0364. The minimum Gasteiger partial charge on any atom is -0.479 e. The van der Waals surface area contributed by atoms with Crippen molar-refractivity contribution in [1.29, 1.82) is 0 Å². The molecule has 0 aliphatic carbocycles. The third-order valence-corrected chi connectivity index (χ3v) is 4.25. The number of nitrogens with two attached hydrogens (primary N) is 1. The maximum atomic E-state index is 12.3. The zero-order valence-corrected chi connectivity index (χ0v) is 11.4. The molecule has 1 aromatic rings. The Balaban J connectivity index is 2.31. The van der Waals surface area contributed by atoms with Crippen LogP contribution in [-0.4, -0.2) is 48.2 Å². The van der Waals surface area contributed by atoms with E-state index in [0.717, 1.165) is 4.88 Å². The molecule has 1 amide bonds. The SMILES string of the molecule is COC(CN)C(=O)N1CCc2sccc2C1C(=O)O. The number of carboxylic acid groups (broad SMARTS) is 1. The van der Waals surface area contributed by atoms with Crippen molar-refractivity contribution in [3.63, 3.8) is 0 Å². The first-order valence-corrected chi connectivity index (χ1v) is 6.80. The van der Waals surface area contributed by atoms with Gasteiger partial charge in [0.15, 0.2) is 6.04 Å². The molecule has 6 nitrogen and oxygen atoms in total. The van der Waals surface area contributed by atoms with E-state index in [1.54, 1.807) is 6.07 Å². The molecule has 3 N–H and O–H groups in total. The molecule has 0 fully saturated rings. The predicted molar refractivity (Wildman–Crippen MR) is 70.0 cm³/mol. The Labute approximate surface area is 114 Å². The summed E-state index contributed by atoms with van der Waals surface area (Å²) in [7, 11) is 1.39. The van der Waals surface area contributed by atoms with Crippen molar-refractivity contribution >= 4 is 23.2 Å². The molecule has 1 aromatic heterocycles. The van der Waals surface area contributed by atoms with Gasteiger partial charge in [0.05, 0.1) is 0 Å². The quantitative estimate of drug-likeness (QED) is 0.825. The van der Waals surface area contributed by atoms with Gasteiger partial charge in [0.25, 0.3) is 5.91 Å². The number of carboxylic acids is 1. The molecule has 0 saturated heterocycles. The molecule has 104 valence electrons. The third-order valence-electron chi connectivity index (χ3n) is 3.26. The fourth-order valence-corrected chi connectivity index (χ4v) is 3.21. The van der Waals surface area contributed by atoms with Gasteiger partial charge in [0, 0.05) is 25.1 Å². The highest BCUT2D eigenvalue weighted by Crippen LogP contribution is 2.33. The molecular formula is C12H16N2O4S. The van der Waals surface area contributed by atoms with Crippen molar-refractivity contribution in [2.24, 2.45) is 5.73 Å². The van der Waals surface area contributed by atoms with Crippen molar-refractivity contribution < 1.29 is 19.4 Å². The standard InChI is InChI=1S/C12H16N2O4S/c1-18-8(6-13)11(15)14-4-2-9-7(3-5-19-9)10(14)12(16)17/h3,5,8,10H,2,4,6,13H2,1H3,(H,16,17). The van der Waals surface area contributed by atoms with Crippen LogP contribution < -0.4 is 5.73 Å². The van der Waals surface area contributed by atoms with E-state index in [0.29, 0.717) is 18.5 Å². The number of hydrogen-bond donors (Lipinski definition) is 2.